The lowest BCUT2D eigenvalue weighted by Gasteiger charge is -2.09. The average molecular weight is 322 g/mol. The van der Waals surface area contributed by atoms with Crippen LogP contribution in [0.4, 0.5) is 22.7 Å². The van der Waals surface area contributed by atoms with Crippen LogP contribution in [0.3, 0.4) is 0 Å². The molecule has 0 aliphatic carbocycles. The third kappa shape index (κ3) is 2.13. The molecule has 0 amide bonds. The van der Waals surface area contributed by atoms with Gasteiger partial charge in [0.1, 0.15) is 5.02 Å². The predicted molar refractivity (Wildman–Crippen MR) is 78.8 cm³/mol. The second-order valence-corrected chi connectivity index (χ2v) is 4.76. The van der Waals surface area contributed by atoms with Crippen molar-refractivity contribution in [3.8, 4) is 0 Å². The number of nitro groups is 1. The third-order valence-electron chi connectivity index (χ3n) is 3.01. The Morgan fingerprint density at radius 3 is 2.82 bits per heavy atom. The van der Waals surface area contributed by atoms with Gasteiger partial charge in [-0.25, -0.2) is 0 Å². The van der Waals surface area contributed by atoms with E-state index in [1.807, 2.05) is 0 Å². The molecule has 0 atom stereocenters. The minimum Gasteiger partial charge on any atom is -0.397 e. The highest BCUT2D eigenvalue weighted by atomic mass is 35.5. The zero-order valence-electron chi connectivity index (χ0n) is 10.8. The van der Waals surface area contributed by atoms with Crippen LogP contribution in [0.1, 0.15) is 0 Å². The number of anilines is 3. The van der Waals surface area contributed by atoms with Crippen LogP contribution in [0.25, 0.3) is 11.0 Å². The van der Waals surface area contributed by atoms with Crippen LogP contribution < -0.4 is 16.0 Å². The molecule has 0 unspecified atom stereocenters. The van der Waals surface area contributed by atoms with Crippen molar-refractivity contribution in [3.63, 3.8) is 0 Å². The third-order valence-corrected chi connectivity index (χ3v) is 3.30. The van der Waals surface area contributed by atoms with Crippen molar-refractivity contribution in [3.05, 3.63) is 50.7 Å². The number of nitrogens with zero attached hydrogens (tertiary/aromatic N) is 3. The van der Waals surface area contributed by atoms with Crippen LogP contribution in [-0.2, 0) is 0 Å². The highest BCUT2D eigenvalue weighted by molar-refractivity contribution is 6.34. The van der Waals surface area contributed by atoms with E-state index in [2.05, 4.69) is 15.1 Å². The Hall–Kier alpha value is -3.07. The number of halogens is 1. The monoisotopic (exact) mass is 321 g/mol. The molecule has 0 radical (unpaired) electrons. The van der Waals surface area contributed by atoms with E-state index in [1.165, 1.54) is 0 Å². The molecule has 9 nitrogen and oxygen atoms in total. The fourth-order valence-corrected chi connectivity index (χ4v) is 2.28. The topological polar surface area (TPSA) is 134 Å². The molecule has 3 N–H and O–H groups in total. The van der Waals surface area contributed by atoms with Crippen LogP contribution in [0.2, 0.25) is 5.02 Å². The van der Waals surface area contributed by atoms with E-state index in [0.717, 1.165) is 6.07 Å². The summed E-state index contributed by atoms with van der Waals surface area (Å²) in [5.41, 5.74) is 6.04. The molecule has 0 aliphatic heterocycles. The molecule has 3 rings (SSSR count). The maximum absolute atomic E-state index is 11.5. The van der Waals surface area contributed by atoms with Crippen molar-refractivity contribution in [2.45, 2.75) is 0 Å². The van der Waals surface area contributed by atoms with Gasteiger partial charge < -0.3 is 16.3 Å². The van der Waals surface area contributed by atoms with Gasteiger partial charge in [-0.2, -0.15) is 0 Å². The van der Waals surface area contributed by atoms with Crippen LogP contribution in [-0.4, -0.2) is 10.1 Å². The van der Waals surface area contributed by atoms with Gasteiger partial charge >= 0.3 is 5.69 Å². The van der Waals surface area contributed by atoms with Crippen molar-refractivity contribution in [1.29, 1.82) is 0 Å². The summed E-state index contributed by atoms with van der Waals surface area (Å²) < 4.78 is 4.47. The zero-order valence-corrected chi connectivity index (χ0v) is 11.6. The number of nitrogens with two attached hydrogens (primary N) is 1. The first-order valence-corrected chi connectivity index (χ1v) is 6.34. The number of hydrogen-bond acceptors (Lipinski definition) is 7. The standard InChI is InChI=1S/C12H8ClN5O4/c13-6-5-9-10(16-22-18(9)21)11(12(6)17(19)20)15-8-4-2-1-3-7(8)14/h1-5,15H,14H2. The largest absolute Gasteiger partial charge is 0.397 e. The summed E-state index contributed by atoms with van der Waals surface area (Å²) in [6, 6.07) is 7.77. The smallest absolute Gasteiger partial charge is 0.316 e. The average Bonchev–Trinajstić information content (AvgIpc) is 2.82. The Balaban J connectivity index is 2.28. The molecule has 10 heteroatoms. The molecule has 0 bridgehead atoms. The molecule has 3 aromatic rings. The van der Waals surface area contributed by atoms with Crippen LogP contribution in [0.15, 0.2) is 35.0 Å². The lowest BCUT2D eigenvalue weighted by Crippen LogP contribution is -2.22. The summed E-state index contributed by atoms with van der Waals surface area (Å²) in [7, 11) is 0. The fourth-order valence-electron chi connectivity index (χ4n) is 2.01. The lowest BCUT2D eigenvalue weighted by molar-refractivity contribution is -0.782. The van der Waals surface area contributed by atoms with E-state index < -0.39 is 10.6 Å². The van der Waals surface area contributed by atoms with Gasteiger partial charge in [0, 0.05) is 11.2 Å². The van der Waals surface area contributed by atoms with Crippen molar-refractivity contribution < 1.29 is 14.5 Å². The van der Waals surface area contributed by atoms with E-state index in [4.69, 9.17) is 17.3 Å². The number of para-hydroxylation sites is 2. The SMILES string of the molecule is Nc1ccccc1Nc1c([N+](=O)[O-])c(Cl)cc2c1no[n+]2[O-]. The van der Waals surface area contributed by atoms with Crippen LogP contribution >= 0.6 is 11.6 Å². The number of aromatic nitrogens is 2. The number of nitrogens with one attached hydrogen (secondary N) is 1. The van der Waals surface area contributed by atoms with E-state index >= 15 is 0 Å². The Kier molecular flexibility index (Phi) is 3.18. The molecule has 0 spiro atoms. The first-order chi connectivity index (χ1) is 10.5. The van der Waals surface area contributed by atoms with E-state index in [9.17, 15) is 15.3 Å². The molecular weight excluding hydrogens is 314 g/mol. The molecular formula is C12H8ClN5O4. The molecule has 0 aliphatic rings. The second kappa shape index (κ2) is 5.04. The normalized spacial score (nSPS) is 10.8. The minimum absolute atomic E-state index is 0.0191. The maximum Gasteiger partial charge on any atom is 0.316 e. The van der Waals surface area contributed by atoms with Crippen molar-refractivity contribution in [2.24, 2.45) is 0 Å². The Morgan fingerprint density at radius 2 is 2.14 bits per heavy atom. The first-order valence-electron chi connectivity index (χ1n) is 5.97. The van der Waals surface area contributed by atoms with Crippen LogP contribution in [0, 0.1) is 15.3 Å². The van der Waals surface area contributed by atoms with Crippen molar-refractivity contribution in [1.82, 2.24) is 5.16 Å². The molecule has 1 heterocycles. The highest BCUT2D eigenvalue weighted by Gasteiger charge is 2.29. The number of nitrogen functional groups attached to an aromatic ring is 1. The molecule has 112 valence electrons. The van der Waals surface area contributed by atoms with Crippen LogP contribution in [0.5, 0.6) is 0 Å². The van der Waals surface area contributed by atoms with Gasteiger partial charge in [0.15, 0.2) is 5.69 Å². The molecule has 22 heavy (non-hydrogen) atoms. The summed E-state index contributed by atoms with van der Waals surface area (Å²) in [6.45, 7) is 0. The Labute approximate surface area is 127 Å². The summed E-state index contributed by atoms with van der Waals surface area (Å²) in [4.78, 5) is 10.7. The number of benzene rings is 2. The molecule has 0 saturated carbocycles. The number of hydrogen-bond donors (Lipinski definition) is 2. The Morgan fingerprint density at radius 1 is 1.41 bits per heavy atom. The van der Waals surface area contributed by atoms with Gasteiger partial charge in [0.05, 0.1) is 16.3 Å². The summed E-state index contributed by atoms with van der Waals surface area (Å²) >= 11 is 5.90. The number of nitro benzene ring substituents is 1. The van der Waals surface area contributed by atoms with Gasteiger partial charge in [-0.05, 0) is 17.0 Å². The van der Waals surface area contributed by atoms with Gasteiger partial charge in [-0.1, -0.05) is 23.7 Å². The van der Waals surface area contributed by atoms with E-state index in [1.54, 1.807) is 24.3 Å². The Bertz CT molecular complexity index is 895. The van der Waals surface area contributed by atoms with Crippen molar-refractivity contribution >= 4 is 45.4 Å². The number of rotatable bonds is 3. The summed E-state index contributed by atoms with van der Waals surface area (Å²) in [5, 5.41) is 28.9. The van der Waals surface area contributed by atoms with Gasteiger partial charge in [-0.3, -0.25) is 14.7 Å². The molecule has 0 fully saturated rings. The predicted octanol–water partition coefficient (Wildman–Crippen LogP) is 2.35. The zero-order chi connectivity index (χ0) is 15.9. The molecule has 1 aromatic heterocycles. The summed E-state index contributed by atoms with van der Waals surface area (Å²) in [6.07, 6.45) is 0. The van der Waals surface area contributed by atoms with Crippen molar-refractivity contribution in [2.75, 3.05) is 11.1 Å². The highest BCUT2D eigenvalue weighted by Crippen LogP contribution is 2.40. The fraction of sp³-hybridized carbons (Fsp3) is 0. The maximum atomic E-state index is 11.5. The summed E-state index contributed by atoms with van der Waals surface area (Å²) in [5.74, 6) is 0. The molecule has 2 aromatic carbocycles. The quantitative estimate of drug-likeness (QED) is 0.327. The minimum atomic E-state index is -0.674. The molecule has 0 saturated heterocycles. The second-order valence-electron chi connectivity index (χ2n) is 4.35. The van der Waals surface area contributed by atoms with Gasteiger partial charge in [0.2, 0.25) is 5.52 Å². The van der Waals surface area contributed by atoms with Gasteiger partial charge in [-0.15, -0.1) is 0 Å². The first kappa shape index (κ1) is 13.9. The van der Waals surface area contributed by atoms with E-state index in [-0.39, 0.29) is 26.6 Å². The van der Waals surface area contributed by atoms with E-state index in [0.29, 0.717) is 11.4 Å². The lowest BCUT2D eigenvalue weighted by atomic mass is 10.2. The number of fused-ring (bicyclic) bond motifs is 1. The van der Waals surface area contributed by atoms with Gasteiger partial charge in [0.25, 0.3) is 5.52 Å².